The molecule has 0 aliphatic carbocycles. The molecule has 1 aliphatic heterocycles. The van der Waals surface area contributed by atoms with Crippen LogP contribution in [0.5, 0.6) is 0 Å². The number of anilines is 1. The molecule has 0 radical (unpaired) electrons. The Morgan fingerprint density at radius 3 is 3.04 bits per heavy atom. The number of hydrogen-bond donors (Lipinski definition) is 1. The lowest BCUT2D eigenvalue weighted by atomic mass is 10.1. The van der Waals surface area contributed by atoms with Crippen LogP contribution in [0.4, 0.5) is 5.69 Å². The molecule has 0 aromatic carbocycles. The van der Waals surface area contributed by atoms with Gasteiger partial charge in [-0.05, 0) is 43.0 Å². The number of hydrogen-bond acceptors (Lipinski definition) is 6. The molecule has 7 heteroatoms. The van der Waals surface area contributed by atoms with Gasteiger partial charge in [-0.2, -0.15) is 0 Å². The lowest BCUT2D eigenvalue weighted by Crippen LogP contribution is -2.28. The Balaban J connectivity index is 1.56. The van der Waals surface area contributed by atoms with Crippen molar-refractivity contribution in [2.24, 2.45) is 0 Å². The van der Waals surface area contributed by atoms with E-state index in [1.54, 1.807) is 11.4 Å². The van der Waals surface area contributed by atoms with Crippen LogP contribution >= 0.6 is 11.3 Å². The van der Waals surface area contributed by atoms with Crippen LogP contribution in [0.15, 0.2) is 35.8 Å². The maximum atomic E-state index is 12.3. The fraction of sp³-hybridized carbons (Fsp3) is 0.389. The van der Waals surface area contributed by atoms with Crippen molar-refractivity contribution in [1.82, 2.24) is 9.88 Å². The van der Waals surface area contributed by atoms with Crippen LogP contribution < -0.4 is 5.32 Å². The van der Waals surface area contributed by atoms with Gasteiger partial charge in [0.2, 0.25) is 5.91 Å². The molecule has 1 saturated heterocycles. The normalized spacial score (nSPS) is 17.4. The molecule has 2 aromatic rings. The standard InChI is InChI=1S/C18H21N3O3S/c1-24-18(23)17-14(8-12-25-17)20-16(22)7-11-21-10-4-6-15(21)13-5-2-3-9-19-13/h2-3,5,8-9,12,15H,4,6-7,10-11H2,1H3,(H,20,22)/t15-/m0/s1. The third kappa shape index (κ3) is 4.24. The number of rotatable bonds is 6. The summed E-state index contributed by atoms with van der Waals surface area (Å²) in [7, 11) is 1.33. The summed E-state index contributed by atoms with van der Waals surface area (Å²) in [5, 5.41) is 4.58. The van der Waals surface area contributed by atoms with Gasteiger partial charge in [0.1, 0.15) is 4.88 Å². The number of ether oxygens (including phenoxy) is 1. The first-order valence-electron chi connectivity index (χ1n) is 8.29. The third-order valence-electron chi connectivity index (χ3n) is 4.33. The molecule has 132 valence electrons. The number of methoxy groups -OCH3 is 1. The number of nitrogens with one attached hydrogen (secondary N) is 1. The predicted molar refractivity (Wildman–Crippen MR) is 96.7 cm³/mol. The molecule has 0 unspecified atom stereocenters. The Hall–Kier alpha value is -2.25. The fourth-order valence-electron chi connectivity index (χ4n) is 3.12. The summed E-state index contributed by atoms with van der Waals surface area (Å²) < 4.78 is 4.73. The molecule has 25 heavy (non-hydrogen) atoms. The number of aromatic nitrogens is 1. The Bertz CT molecular complexity index is 732. The van der Waals surface area contributed by atoms with Crippen molar-refractivity contribution in [2.75, 3.05) is 25.5 Å². The quantitative estimate of drug-likeness (QED) is 0.803. The summed E-state index contributed by atoms with van der Waals surface area (Å²) >= 11 is 1.26. The summed E-state index contributed by atoms with van der Waals surface area (Å²) in [5.74, 6) is -0.532. The van der Waals surface area contributed by atoms with Gasteiger partial charge in [-0.25, -0.2) is 4.79 Å². The second-order valence-corrected chi connectivity index (χ2v) is 6.82. The predicted octanol–water partition coefficient (Wildman–Crippen LogP) is 3.10. The van der Waals surface area contributed by atoms with E-state index in [0.717, 1.165) is 25.1 Å². The van der Waals surface area contributed by atoms with Crippen LogP contribution in [0.3, 0.4) is 0 Å². The van der Waals surface area contributed by atoms with E-state index in [1.165, 1.54) is 18.4 Å². The lowest BCUT2D eigenvalue weighted by Gasteiger charge is -2.23. The van der Waals surface area contributed by atoms with Crippen molar-refractivity contribution in [3.05, 3.63) is 46.4 Å². The van der Waals surface area contributed by atoms with Gasteiger partial charge in [0.05, 0.1) is 24.5 Å². The van der Waals surface area contributed by atoms with Crippen molar-refractivity contribution < 1.29 is 14.3 Å². The highest BCUT2D eigenvalue weighted by atomic mass is 32.1. The van der Waals surface area contributed by atoms with Crippen molar-refractivity contribution in [2.45, 2.75) is 25.3 Å². The van der Waals surface area contributed by atoms with Crippen LogP contribution in [0.2, 0.25) is 0 Å². The van der Waals surface area contributed by atoms with Gasteiger partial charge in [-0.15, -0.1) is 11.3 Å². The van der Waals surface area contributed by atoms with E-state index < -0.39 is 5.97 Å². The van der Waals surface area contributed by atoms with Crippen LogP contribution in [0, 0.1) is 0 Å². The van der Waals surface area contributed by atoms with Crippen LogP contribution in [0.25, 0.3) is 0 Å². The number of pyridine rings is 1. The van der Waals surface area contributed by atoms with Crippen LogP contribution in [0.1, 0.15) is 40.7 Å². The zero-order chi connectivity index (χ0) is 17.6. The van der Waals surface area contributed by atoms with E-state index in [-0.39, 0.29) is 11.9 Å². The van der Waals surface area contributed by atoms with Crippen molar-refractivity contribution in [3.8, 4) is 0 Å². The Morgan fingerprint density at radius 1 is 1.40 bits per heavy atom. The highest BCUT2D eigenvalue weighted by molar-refractivity contribution is 7.12. The van der Waals surface area contributed by atoms with Gasteiger partial charge in [-0.3, -0.25) is 14.7 Å². The number of carbonyl (C=O) groups excluding carboxylic acids is 2. The van der Waals surface area contributed by atoms with Gasteiger partial charge in [0.15, 0.2) is 0 Å². The number of carbonyl (C=O) groups is 2. The summed E-state index contributed by atoms with van der Waals surface area (Å²) in [6, 6.07) is 7.95. The molecular weight excluding hydrogens is 338 g/mol. The van der Waals surface area contributed by atoms with Gasteiger partial charge in [0, 0.05) is 19.2 Å². The summed E-state index contributed by atoms with van der Waals surface area (Å²) in [6.45, 7) is 1.64. The first-order chi connectivity index (χ1) is 12.2. The number of thiophene rings is 1. The van der Waals surface area contributed by atoms with Crippen LogP contribution in [-0.4, -0.2) is 42.0 Å². The molecule has 3 rings (SSSR count). The van der Waals surface area contributed by atoms with E-state index in [2.05, 4.69) is 15.2 Å². The topological polar surface area (TPSA) is 71.5 Å². The zero-order valence-corrected chi connectivity index (χ0v) is 14.9. The van der Waals surface area contributed by atoms with Crippen molar-refractivity contribution >= 4 is 28.9 Å². The minimum absolute atomic E-state index is 0.102. The minimum Gasteiger partial charge on any atom is -0.465 e. The second-order valence-electron chi connectivity index (χ2n) is 5.90. The van der Waals surface area contributed by atoms with Gasteiger partial charge in [0.25, 0.3) is 0 Å². The molecule has 0 saturated carbocycles. The Labute approximate surface area is 150 Å². The van der Waals surface area contributed by atoms with Crippen LogP contribution in [-0.2, 0) is 9.53 Å². The van der Waals surface area contributed by atoms with E-state index in [9.17, 15) is 9.59 Å². The molecule has 6 nitrogen and oxygen atoms in total. The van der Waals surface area contributed by atoms with Gasteiger partial charge >= 0.3 is 5.97 Å². The Morgan fingerprint density at radius 2 is 2.28 bits per heavy atom. The smallest absolute Gasteiger partial charge is 0.350 e. The maximum Gasteiger partial charge on any atom is 0.350 e. The third-order valence-corrected chi connectivity index (χ3v) is 5.22. The molecule has 2 aromatic heterocycles. The lowest BCUT2D eigenvalue weighted by molar-refractivity contribution is -0.116. The average molecular weight is 359 g/mol. The maximum absolute atomic E-state index is 12.3. The molecule has 1 fully saturated rings. The van der Waals surface area contributed by atoms with Crippen molar-refractivity contribution in [1.29, 1.82) is 0 Å². The molecule has 1 N–H and O–H groups in total. The van der Waals surface area contributed by atoms with E-state index in [0.29, 0.717) is 23.5 Å². The summed E-state index contributed by atoms with van der Waals surface area (Å²) in [4.78, 5) is 31.1. The van der Waals surface area contributed by atoms with E-state index in [1.807, 2.05) is 24.4 Å². The molecule has 0 spiro atoms. The molecule has 1 amide bonds. The molecule has 1 aliphatic rings. The van der Waals surface area contributed by atoms with Gasteiger partial charge in [-0.1, -0.05) is 6.07 Å². The molecule has 1 atom stereocenters. The fourth-order valence-corrected chi connectivity index (χ4v) is 3.88. The number of esters is 1. The van der Waals surface area contributed by atoms with Gasteiger partial charge < -0.3 is 10.1 Å². The van der Waals surface area contributed by atoms with E-state index >= 15 is 0 Å². The van der Waals surface area contributed by atoms with E-state index in [4.69, 9.17) is 4.74 Å². The monoisotopic (exact) mass is 359 g/mol. The second kappa shape index (κ2) is 8.22. The number of likely N-dealkylation sites (tertiary alicyclic amines) is 1. The van der Waals surface area contributed by atoms with Crippen molar-refractivity contribution in [3.63, 3.8) is 0 Å². The highest BCUT2D eigenvalue weighted by Crippen LogP contribution is 2.30. The zero-order valence-electron chi connectivity index (χ0n) is 14.1. The number of nitrogens with zero attached hydrogens (tertiary/aromatic N) is 2. The minimum atomic E-state index is -0.431. The first kappa shape index (κ1) is 17.6. The molecular formula is C18H21N3O3S. The SMILES string of the molecule is COC(=O)c1sccc1NC(=O)CCN1CCC[C@H]1c1ccccn1. The summed E-state index contributed by atoms with van der Waals surface area (Å²) in [5.41, 5.74) is 1.58. The first-order valence-corrected chi connectivity index (χ1v) is 9.17. The summed E-state index contributed by atoms with van der Waals surface area (Å²) in [6.07, 6.45) is 4.36. The molecule has 0 bridgehead atoms. The highest BCUT2D eigenvalue weighted by Gasteiger charge is 2.27. The molecule has 3 heterocycles. The largest absolute Gasteiger partial charge is 0.465 e. The Kier molecular flexibility index (Phi) is 5.78. The average Bonchev–Trinajstić information content (AvgIpc) is 3.29. The number of amides is 1.